The molecular formula is C19H23F2N3O3. The Hall–Kier alpha value is -2.48. The number of fused-ring (bicyclic) bond motifs is 1. The van der Waals surface area contributed by atoms with E-state index in [-0.39, 0.29) is 17.3 Å². The number of nitrogens with one attached hydrogen (secondary N) is 2. The third-order valence-corrected chi connectivity index (χ3v) is 4.46. The van der Waals surface area contributed by atoms with Crippen LogP contribution in [0.4, 0.5) is 19.3 Å². The van der Waals surface area contributed by atoms with Gasteiger partial charge in [0.15, 0.2) is 5.75 Å². The second kappa shape index (κ2) is 9.45. The molecule has 0 radical (unpaired) electrons. The van der Waals surface area contributed by atoms with E-state index in [1.54, 1.807) is 12.1 Å². The number of hydrogen-bond acceptors (Lipinski definition) is 4. The highest BCUT2D eigenvalue weighted by atomic mass is 19.3. The second-order valence-electron chi connectivity index (χ2n) is 6.40. The molecule has 1 aliphatic carbocycles. The second-order valence-corrected chi connectivity index (χ2v) is 6.40. The molecule has 0 bridgehead atoms. The molecule has 1 aromatic heterocycles. The summed E-state index contributed by atoms with van der Waals surface area (Å²) in [5, 5.41) is 6.01. The molecule has 146 valence electrons. The molecule has 0 spiro atoms. The molecule has 0 unspecified atom stereocenters. The van der Waals surface area contributed by atoms with Crippen LogP contribution < -0.4 is 15.4 Å². The molecule has 1 heterocycles. The number of hydrogen-bond donors (Lipinski definition) is 2. The topological polar surface area (TPSA) is 72.5 Å². The molecule has 0 atom stereocenters. The number of amides is 2. The molecule has 3 rings (SSSR count). The number of rotatable bonds is 8. The molecule has 8 heteroatoms. The number of urea groups is 1. The number of anilines is 1. The first kappa shape index (κ1) is 19.3. The number of carbonyl (C=O) groups is 1. The fourth-order valence-corrected chi connectivity index (χ4v) is 3.19. The number of halogens is 2. The number of pyridine rings is 1. The fraction of sp³-hybridized carbons (Fsp3) is 0.474. The van der Waals surface area contributed by atoms with Gasteiger partial charge in [0, 0.05) is 24.7 Å². The third-order valence-electron chi connectivity index (χ3n) is 4.46. The molecular weight excluding hydrogens is 356 g/mol. The minimum atomic E-state index is -2.94. The van der Waals surface area contributed by atoms with Crippen molar-refractivity contribution in [3.8, 4) is 5.75 Å². The molecule has 2 N–H and O–H groups in total. The van der Waals surface area contributed by atoms with E-state index in [0.29, 0.717) is 30.3 Å². The number of ether oxygens (including phenoxy) is 2. The lowest BCUT2D eigenvalue weighted by molar-refractivity contribution is -0.0489. The first-order chi connectivity index (χ1) is 13.1. The van der Waals surface area contributed by atoms with Crippen LogP contribution in [-0.2, 0) is 4.74 Å². The Morgan fingerprint density at radius 1 is 1.26 bits per heavy atom. The number of aromatic nitrogens is 1. The van der Waals surface area contributed by atoms with Crippen LogP contribution in [0, 0.1) is 0 Å². The van der Waals surface area contributed by atoms with Crippen molar-refractivity contribution < 1.29 is 23.0 Å². The van der Waals surface area contributed by atoms with Crippen LogP contribution in [0.3, 0.4) is 0 Å². The van der Waals surface area contributed by atoms with Gasteiger partial charge >= 0.3 is 12.6 Å². The van der Waals surface area contributed by atoms with Crippen molar-refractivity contribution in [1.82, 2.24) is 10.3 Å². The van der Waals surface area contributed by atoms with Crippen LogP contribution in [0.15, 0.2) is 30.5 Å². The molecule has 6 nitrogen and oxygen atoms in total. The minimum Gasteiger partial charge on any atom is -0.432 e. The zero-order valence-corrected chi connectivity index (χ0v) is 14.9. The largest absolute Gasteiger partial charge is 0.432 e. The molecule has 2 amide bonds. The van der Waals surface area contributed by atoms with Crippen molar-refractivity contribution in [2.75, 3.05) is 18.5 Å². The molecule has 0 aliphatic heterocycles. The lowest BCUT2D eigenvalue weighted by atomic mass is 10.1. The molecule has 27 heavy (non-hydrogen) atoms. The van der Waals surface area contributed by atoms with Crippen LogP contribution in [0.1, 0.15) is 32.1 Å². The highest BCUT2D eigenvalue weighted by Crippen LogP contribution is 2.30. The van der Waals surface area contributed by atoms with Crippen molar-refractivity contribution in [3.63, 3.8) is 0 Å². The summed E-state index contributed by atoms with van der Waals surface area (Å²) in [5.74, 6) is -0.0318. The van der Waals surface area contributed by atoms with Crippen LogP contribution in [0.5, 0.6) is 5.75 Å². The van der Waals surface area contributed by atoms with Gasteiger partial charge in [-0.25, -0.2) is 4.79 Å². The standard InChI is InChI=1S/C19H23F2N3O3/c20-18(21)27-16-9-8-15(14-7-3-10-22-17(14)16)24-19(25)23-11-4-12-26-13-5-1-2-6-13/h3,7-10,13,18H,1-2,4-6,11-12H2,(H2,23,24,25). The van der Waals surface area contributed by atoms with E-state index in [4.69, 9.17) is 4.74 Å². The number of carbonyl (C=O) groups excluding carboxylic acids is 1. The summed E-state index contributed by atoms with van der Waals surface area (Å²) in [6.45, 7) is -1.83. The highest BCUT2D eigenvalue weighted by molar-refractivity contribution is 6.02. The van der Waals surface area contributed by atoms with Crippen LogP contribution in [0.25, 0.3) is 10.9 Å². The Kier molecular flexibility index (Phi) is 6.75. The monoisotopic (exact) mass is 379 g/mol. The molecule has 1 aliphatic rings. The molecule has 0 saturated heterocycles. The maximum Gasteiger partial charge on any atom is 0.387 e. The Morgan fingerprint density at radius 2 is 2.07 bits per heavy atom. The van der Waals surface area contributed by atoms with Gasteiger partial charge < -0.3 is 20.1 Å². The highest BCUT2D eigenvalue weighted by Gasteiger charge is 2.15. The first-order valence-corrected chi connectivity index (χ1v) is 9.12. The number of benzene rings is 1. The summed E-state index contributed by atoms with van der Waals surface area (Å²) < 4.78 is 35.3. The summed E-state index contributed by atoms with van der Waals surface area (Å²) in [4.78, 5) is 16.2. The summed E-state index contributed by atoms with van der Waals surface area (Å²) in [6.07, 6.45) is 7.29. The van der Waals surface area contributed by atoms with Crippen molar-refractivity contribution in [1.29, 1.82) is 0 Å². The van der Waals surface area contributed by atoms with E-state index in [9.17, 15) is 13.6 Å². The third kappa shape index (κ3) is 5.50. The van der Waals surface area contributed by atoms with Gasteiger partial charge in [-0.2, -0.15) is 8.78 Å². The normalized spacial score (nSPS) is 14.6. The predicted molar refractivity (Wildman–Crippen MR) is 98.2 cm³/mol. The molecule has 1 fully saturated rings. The van der Waals surface area contributed by atoms with Crippen molar-refractivity contribution in [2.24, 2.45) is 0 Å². The van der Waals surface area contributed by atoms with Crippen molar-refractivity contribution in [2.45, 2.75) is 44.8 Å². The first-order valence-electron chi connectivity index (χ1n) is 9.12. The van der Waals surface area contributed by atoms with E-state index in [2.05, 4.69) is 20.4 Å². The van der Waals surface area contributed by atoms with E-state index in [1.807, 2.05) is 0 Å². The molecule has 1 saturated carbocycles. The quantitative estimate of drug-likeness (QED) is 0.671. The Morgan fingerprint density at radius 3 is 2.85 bits per heavy atom. The molecule has 1 aromatic carbocycles. The Labute approximate surface area is 156 Å². The zero-order valence-electron chi connectivity index (χ0n) is 14.9. The van der Waals surface area contributed by atoms with Crippen LogP contribution in [-0.4, -0.2) is 36.9 Å². The van der Waals surface area contributed by atoms with Crippen LogP contribution in [0.2, 0.25) is 0 Å². The number of alkyl halides is 2. The summed E-state index contributed by atoms with van der Waals surface area (Å²) in [5.41, 5.74) is 0.736. The van der Waals surface area contributed by atoms with E-state index in [0.717, 1.165) is 19.3 Å². The van der Waals surface area contributed by atoms with Gasteiger partial charge in [0.1, 0.15) is 5.52 Å². The summed E-state index contributed by atoms with van der Waals surface area (Å²) in [7, 11) is 0. The van der Waals surface area contributed by atoms with Gasteiger partial charge in [-0.15, -0.1) is 0 Å². The van der Waals surface area contributed by atoms with Gasteiger partial charge in [-0.1, -0.05) is 12.8 Å². The predicted octanol–water partition coefficient (Wildman–Crippen LogP) is 4.31. The van der Waals surface area contributed by atoms with Crippen molar-refractivity contribution in [3.05, 3.63) is 30.5 Å². The van der Waals surface area contributed by atoms with E-state index in [1.165, 1.54) is 31.2 Å². The van der Waals surface area contributed by atoms with Crippen molar-refractivity contribution >= 4 is 22.6 Å². The van der Waals surface area contributed by atoms with Gasteiger partial charge in [-0.05, 0) is 43.5 Å². The lowest BCUT2D eigenvalue weighted by Crippen LogP contribution is -2.30. The average Bonchev–Trinajstić information content (AvgIpc) is 3.16. The number of nitrogens with zero attached hydrogens (tertiary/aromatic N) is 1. The van der Waals surface area contributed by atoms with Crippen LogP contribution >= 0.6 is 0 Å². The maximum atomic E-state index is 12.5. The lowest BCUT2D eigenvalue weighted by Gasteiger charge is -2.13. The van der Waals surface area contributed by atoms with E-state index < -0.39 is 6.61 Å². The van der Waals surface area contributed by atoms with Gasteiger partial charge in [-0.3, -0.25) is 4.98 Å². The SMILES string of the molecule is O=C(NCCCOC1CCCC1)Nc1ccc(OC(F)F)c2ncccc12. The maximum absolute atomic E-state index is 12.5. The van der Waals surface area contributed by atoms with Gasteiger partial charge in [0.05, 0.1) is 11.8 Å². The van der Waals surface area contributed by atoms with Gasteiger partial charge in [0.2, 0.25) is 0 Å². The summed E-state index contributed by atoms with van der Waals surface area (Å²) in [6, 6.07) is 5.87. The summed E-state index contributed by atoms with van der Waals surface area (Å²) >= 11 is 0. The Balaban J connectivity index is 1.52. The van der Waals surface area contributed by atoms with E-state index >= 15 is 0 Å². The minimum absolute atomic E-state index is 0.0318. The Bertz CT molecular complexity index is 767. The zero-order chi connectivity index (χ0) is 19.1. The smallest absolute Gasteiger partial charge is 0.387 e. The average molecular weight is 379 g/mol. The molecule has 2 aromatic rings. The fourth-order valence-electron chi connectivity index (χ4n) is 3.19. The van der Waals surface area contributed by atoms with Gasteiger partial charge in [0.25, 0.3) is 0 Å².